The van der Waals surface area contributed by atoms with Gasteiger partial charge in [-0.1, -0.05) is 102 Å². The van der Waals surface area contributed by atoms with Crippen molar-refractivity contribution in [1.29, 1.82) is 0 Å². The van der Waals surface area contributed by atoms with E-state index >= 15 is 0 Å². The summed E-state index contributed by atoms with van der Waals surface area (Å²) in [5.74, 6) is 0. The van der Waals surface area contributed by atoms with Gasteiger partial charge in [-0.25, -0.2) is 0 Å². The van der Waals surface area contributed by atoms with Crippen LogP contribution in [0.2, 0.25) is 26.2 Å². The molecule has 0 amide bonds. The SMILES string of the molecule is C[Si]1(C)C=C(c2ccccc2)[Si](C)(C)c2ccccc21. The van der Waals surface area contributed by atoms with Gasteiger partial charge in [-0.2, -0.15) is 0 Å². The molecule has 0 aromatic heterocycles. The second-order valence-corrected chi connectivity index (χ2v) is 15.4. The van der Waals surface area contributed by atoms with Crippen LogP contribution in [0.4, 0.5) is 0 Å². The molecule has 2 aromatic rings. The summed E-state index contributed by atoms with van der Waals surface area (Å²) in [4.78, 5) is 0. The van der Waals surface area contributed by atoms with Crippen molar-refractivity contribution >= 4 is 31.7 Å². The lowest BCUT2D eigenvalue weighted by molar-refractivity contribution is 1.60. The van der Waals surface area contributed by atoms with Crippen molar-refractivity contribution in [1.82, 2.24) is 0 Å². The minimum atomic E-state index is -1.57. The van der Waals surface area contributed by atoms with Gasteiger partial charge in [-0.15, -0.1) is 0 Å². The summed E-state index contributed by atoms with van der Waals surface area (Å²) in [5.41, 5.74) is 4.08. The number of hydrogen-bond acceptors (Lipinski definition) is 0. The lowest BCUT2D eigenvalue weighted by Crippen LogP contribution is -2.62. The van der Waals surface area contributed by atoms with Crippen molar-refractivity contribution in [2.45, 2.75) is 26.2 Å². The summed E-state index contributed by atoms with van der Waals surface area (Å²) in [6.07, 6.45) is 0. The molecule has 0 N–H and O–H groups in total. The predicted molar refractivity (Wildman–Crippen MR) is 95.1 cm³/mol. The van der Waals surface area contributed by atoms with Crippen molar-refractivity contribution in [3.8, 4) is 0 Å². The normalized spacial score (nSPS) is 19.1. The summed E-state index contributed by atoms with van der Waals surface area (Å²) < 4.78 is 0. The third-order valence-corrected chi connectivity index (χ3v) is 11.5. The van der Waals surface area contributed by atoms with Gasteiger partial charge in [0.05, 0.1) is 0 Å². The Morgan fingerprint density at radius 2 is 1.20 bits per heavy atom. The van der Waals surface area contributed by atoms with Crippen molar-refractivity contribution in [2.24, 2.45) is 0 Å². The molecule has 0 saturated heterocycles. The molecule has 0 saturated carbocycles. The molecule has 0 fully saturated rings. The van der Waals surface area contributed by atoms with Gasteiger partial charge in [-0.3, -0.25) is 0 Å². The first-order valence-electron chi connectivity index (χ1n) is 7.32. The molecule has 2 heteroatoms. The summed E-state index contributed by atoms with van der Waals surface area (Å²) >= 11 is 0. The Labute approximate surface area is 124 Å². The fourth-order valence-electron chi connectivity index (χ4n) is 3.42. The maximum Gasteiger partial charge on any atom is 0.111 e. The maximum absolute atomic E-state index is 2.65. The van der Waals surface area contributed by atoms with Gasteiger partial charge in [0.2, 0.25) is 0 Å². The number of hydrogen-bond donors (Lipinski definition) is 0. The van der Waals surface area contributed by atoms with Crippen molar-refractivity contribution < 1.29 is 0 Å². The highest BCUT2D eigenvalue weighted by molar-refractivity contribution is 7.14. The monoisotopic (exact) mass is 294 g/mol. The molecule has 2 aromatic carbocycles. The van der Waals surface area contributed by atoms with Gasteiger partial charge in [0.1, 0.15) is 16.1 Å². The molecule has 0 spiro atoms. The topological polar surface area (TPSA) is 0 Å². The Morgan fingerprint density at radius 3 is 1.85 bits per heavy atom. The van der Waals surface area contributed by atoms with Gasteiger partial charge < -0.3 is 0 Å². The van der Waals surface area contributed by atoms with E-state index in [0.717, 1.165) is 0 Å². The maximum atomic E-state index is 2.65. The number of fused-ring (bicyclic) bond motifs is 1. The van der Waals surface area contributed by atoms with E-state index in [1.54, 1.807) is 15.6 Å². The first kappa shape index (κ1) is 13.6. The first-order valence-corrected chi connectivity index (χ1v) is 13.4. The number of rotatable bonds is 1. The minimum Gasteiger partial charge on any atom is -0.0900 e. The Hall–Kier alpha value is -1.39. The van der Waals surface area contributed by atoms with Crippen LogP contribution < -0.4 is 10.4 Å². The second kappa shape index (κ2) is 4.57. The van der Waals surface area contributed by atoms with E-state index in [2.05, 4.69) is 86.5 Å². The lowest BCUT2D eigenvalue weighted by Gasteiger charge is -2.39. The smallest absolute Gasteiger partial charge is 0.0900 e. The molecule has 0 atom stereocenters. The van der Waals surface area contributed by atoms with Crippen LogP contribution in [0.5, 0.6) is 0 Å². The fraction of sp³-hybridized carbons (Fsp3) is 0.222. The zero-order valence-corrected chi connectivity index (χ0v) is 14.8. The third-order valence-electron chi connectivity index (χ3n) is 4.56. The van der Waals surface area contributed by atoms with Crippen LogP contribution in [0.15, 0.2) is 60.3 Å². The van der Waals surface area contributed by atoms with Gasteiger partial charge in [-0.05, 0) is 5.56 Å². The Morgan fingerprint density at radius 1 is 0.650 bits per heavy atom. The summed E-state index contributed by atoms with van der Waals surface area (Å²) in [6, 6.07) is 20.2. The highest BCUT2D eigenvalue weighted by atomic mass is 28.3. The van der Waals surface area contributed by atoms with Crippen LogP contribution in [0.1, 0.15) is 5.56 Å². The molecule has 0 radical (unpaired) electrons. The molecule has 0 nitrogen and oxygen atoms in total. The van der Waals surface area contributed by atoms with Gasteiger partial charge >= 0.3 is 0 Å². The summed E-state index contributed by atoms with van der Waals surface area (Å²) in [7, 11) is -3.05. The van der Waals surface area contributed by atoms with E-state index < -0.39 is 16.1 Å². The van der Waals surface area contributed by atoms with Crippen LogP contribution in [0, 0.1) is 0 Å². The van der Waals surface area contributed by atoms with Gasteiger partial charge in [0.15, 0.2) is 0 Å². The van der Waals surface area contributed by atoms with Gasteiger partial charge in [0.25, 0.3) is 0 Å². The Kier molecular flexibility index (Phi) is 3.11. The highest BCUT2D eigenvalue weighted by Crippen LogP contribution is 2.31. The van der Waals surface area contributed by atoms with Crippen LogP contribution in [-0.4, -0.2) is 16.1 Å². The summed E-state index contributed by atoms with van der Waals surface area (Å²) in [5, 5.41) is 4.93. The van der Waals surface area contributed by atoms with E-state index in [-0.39, 0.29) is 0 Å². The standard InChI is InChI=1S/C18H22Si2/c1-19(2)14-18(15-10-6-5-7-11-15)20(3,4)17-13-9-8-12-16(17)19/h5-14H,1-4H3. The molecule has 102 valence electrons. The Balaban J connectivity index is 2.26. The zero-order valence-electron chi connectivity index (χ0n) is 12.8. The molecule has 1 aliphatic rings. The minimum absolute atomic E-state index is 1.43. The van der Waals surface area contributed by atoms with E-state index in [1.807, 2.05) is 0 Å². The molecule has 1 heterocycles. The molecule has 1 aliphatic heterocycles. The predicted octanol–water partition coefficient (Wildman–Crippen LogP) is 3.69. The highest BCUT2D eigenvalue weighted by Gasteiger charge is 2.40. The van der Waals surface area contributed by atoms with E-state index in [4.69, 9.17) is 0 Å². The van der Waals surface area contributed by atoms with Crippen molar-refractivity contribution in [2.75, 3.05) is 0 Å². The average Bonchev–Trinajstić information content (AvgIpc) is 2.45. The Bertz CT molecular complexity index is 667. The van der Waals surface area contributed by atoms with E-state index in [1.165, 1.54) is 5.56 Å². The van der Waals surface area contributed by atoms with Crippen molar-refractivity contribution in [3.63, 3.8) is 0 Å². The molecule has 3 rings (SSSR count). The fourth-order valence-corrected chi connectivity index (χ4v) is 12.6. The lowest BCUT2D eigenvalue weighted by atomic mass is 10.2. The second-order valence-electron chi connectivity index (χ2n) is 6.82. The van der Waals surface area contributed by atoms with Crippen LogP contribution >= 0.6 is 0 Å². The zero-order chi connectivity index (χ0) is 14.4. The average molecular weight is 295 g/mol. The van der Waals surface area contributed by atoms with Gasteiger partial charge in [0, 0.05) is 0 Å². The van der Waals surface area contributed by atoms with E-state index in [9.17, 15) is 0 Å². The first-order chi connectivity index (χ1) is 9.43. The van der Waals surface area contributed by atoms with Crippen LogP contribution in [0.3, 0.4) is 0 Å². The van der Waals surface area contributed by atoms with Crippen molar-refractivity contribution in [3.05, 3.63) is 65.9 Å². The quantitative estimate of drug-likeness (QED) is 0.704. The molecule has 0 aliphatic carbocycles. The molecule has 0 unspecified atom stereocenters. The van der Waals surface area contributed by atoms with Crippen LogP contribution in [-0.2, 0) is 0 Å². The largest absolute Gasteiger partial charge is 0.111 e. The molecular weight excluding hydrogens is 272 g/mol. The third kappa shape index (κ3) is 2.03. The molecule has 0 bridgehead atoms. The van der Waals surface area contributed by atoms with Crippen LogP contribution in [0.25, 0.3) is 5.20 Å². The van der Waals surface area contributed by atoms with E-state index in [0.29, 0.717) is 0 Å². The molecule has 20 heavy (non-hydrogen) atoms. The number of benzene rings is 2. The summed E-state index contributed by atoms with van der Waals surface area (Å²) in [6.45, 7) is 9.93. The molecular formula is C18H22Si2.